The van der Waals surface area contributed by atoms with Crippen molar-refractivity contribution in [3.05, 3.63) is 0 Å². The lowest BCUT2D eigenvalue weighted by atomic mass is 9.99. The maximum atomic E-state index is 12.8. The Morgan fingerprint density at radius 1 is 0.333 bits per heavy atom. The van der Waals surface area contributed by atoms with Gasteiger partial charge in [-0.15, -0.1) is 0 Å². The van der Waals surface area contributed by atoms with Crippen LogP contribution >= 0.6 is 0 Å². The van der Waals surface area contributed by atoms with Crippen LogP contribution in [-0.2, 0) is 28.6 Å². The molecule has 0 saturated carbocycles. The van der Waals surface area contributed by atoms with Crippen molar-refractivity contribution in [1.82, 2.24) is 0 Å². The van der Waals surface area contributed by atoms with Crippen LogP contribution < -0.4 is 0 Å². The van der Waals surface area contributed by atoms with Gasteiger partial charge in [0.1, 0.15) is 13.2 Å². The number of ether oxygens (including phenoxy) is 3. The molecule has 0 bridgehead atoms. The molecule has 0 radical (unpaired) electrons. The van der Waals surface area contributed by atoms with Crippen LogP contribution in [0.1, 0.15) is 317 Å². The van der Waals surface area contributed by atoms with E-state index in [0.29, 0.717) is 19.3 Å². The highest BCUT2D eigenvalue weighted by atomic mass is 16.6. The third-order valence-corrected chi connectivity index (χ3v) is 13.3. The fraction of sp³-hybridized carbons (Fsp3) is 0.947. The Morgan fingerprint density at radius 2 is 0.603 bits per heavy atom. The monoisotopic (exact) mass is 891 g/mol. The molecule has 6 nitrogen and oxygen atoms in total. The quantitative estimate of drug-likeness (QED) is 0.0344. The molecule has 0 aromatic heterocycles. The molecular weight excluding hydrogens is 781 g/mol. The predicted molar refractivity (Wildman–Crippen MR) is 270 cm³/mol. The minimum absolute atomic E-state index is 0.0629. The summed E-state index contributed by atoms with van der Waals surface area (Å²) in [5, 5.41) is 0. The summed E-state index contributed by atoms with van der Waals surface area (Å²) in [6, 6.07) is 0. The zero-order valence-corrected chi connectivity index (χ0v) is 43.2. The fourth-order valence-corrected chi connectivity index (χ4v) is 8.66. The second-order valence-corrected chi connectivity index (χ2v) is 20.3. The summed E-state index contributed by atoms with van der Waals surface area (Å²) in [7, 11) is 0. The van der Waals surface area contributed by atoms with Crippen molar-refractivity contribution in [3.8, 4) is 0 Å². The molecule has 6 heteroatoms. The van der Waals surface area contributed by atoms with Gasteiger partial charge in [0.25, 0.3) is 0 Å². The van der Waals surface area contributed by atoms with Crippen LogP contribution in [0.5, 0.6) is 0 Å². The van der Waals surface area contributed by atoms with Gasteiger partial charge in [-0.3, -0.25) is 14.4 Å². The molecule has 374 valence electrons. The average molecular weight is 892 g/mol. The first kappa shape index (κ1) is 61.4. The summed E-state index contributed by atoms with van der Waals surface area (Å²) >= 11 is 0. The predicted octanol–water partition coefficient (Wildman–Crippen LogP) is 18.5. The second-order valence-electron chi connectivity index (χ2n) is 20.3. The minimum atomic E-state index is -0.761. The van der Waals surface area contributed by atoms with Crippen LogP contribution in [0.25, 0.3) is 0 Å². The molecule has 0 aliphatic heterocycles. The fourth-order valence-electron chi connectivity index (χ4n) is 8.66. The first-order valence-electron chi connectivity index (χ1n) is 28.3. The Labute approximate surface area is 393 Å². The van der Waals surface area contributed by atoms with Gasteiger partial charge in [-0.1, -0.05) is 279 Å². The lowest BCUT2D eigenvalue weighted by Crippen LogP contribution is -2.30. The minimum Gasteiger partial charge on any atom is -0.462 e. The van der Waals surface area contributed by atoms with E-state index >= 15 is 0 Å². The zero-order valence-electron chi connectivity index (χ0n) is 43.2. The summed E-state index contributed by atoms with van der Waals surface area (Å²) < 4.78 is 16.8. The lowest BCUT2D eigenvalue weighted by molar-refractivity contribution is -0.167. The van der Waals surface area contributed by atoms with E-state index in [0.717, 1.165) is 69.6 Å². The van der Waals surface area contributed by atoms with Gasteiger partial charge in [0.2, 0.25) is 0 Å². The second kappa shape index (κ2) is 49.8. The summed E-state index contributed by atoms with van der Waals surface area (Å²) in [4.78, 5) is 38.0. The third-order valence-electron chi connectivity index (χ3n) is 13.3. The van der Waals surface area contributed by atoms with E-state index in [2.05, 4.69) is 34.6 Å². The Balaban J connectivity index is 4.22. The highest BCUT2D eigenvalue weighted by Crippen LogP contribution is 2.18. The number of carbonyl (C=O) groups is 3. The van der Waals surface area contributed by atoms with E-state index in [-0.39, 0.29) is 31.1 Å². The molecule has 0 amide bonds. The van der Waals surface area contributed by atoms with Crippen molar-refractivity contribution in [2.24, 2.45) is 11.8 Å². The molecule has 0 aromatic rings. The average Bonchev–Trinajstić information content (AvgIpc) is 3.27. The van der Waals surface area contributed by atoms with Crippen molar-refractivity contribution in [1.29, 1.82) is 0 Å². The van der Waals surface area contributed by atoms with Crippen molar-refractivity contribution in [2.75, 3.05) is 13.2 Å². The Hall–Kier alpha value is -1.59. The maximum absolute atomic E-state index is 12.8. The van der Waals surface area contributed by atoms with Crippen LogP contribution in [0.2, 0.25) is 0 Å². The van der Waals surface area contributed by atoms with Crippen LogP contribution in [0.3, 0.4) is 0 Å². The van der Waals surface area contributed by atoms with Gasteiger partial charge in [-0.05, 0) is 31.1 Å². The third kappa shape index (κ3) is 49.7. The van der Waals surface area contributed by atoms with Crippen LogP contribution in [0.15, 0.2) is 0 Å². The molecule has 0 N–H and O–H groups in total. The Kier molecular flexibility index (Phi) is 48.6. The molecule has 1 unspecified atom stereocenters. The summed E-state index contributed by atoms with van der Waals surface area (Å²) in [5.41, 5.74) is 0. The highest BCUT2D eigenvalue weighted by Gasteiger charge is 2.19. The SMILES string of the molecule is CCCCCCCCCCCC(=O)OC[C@H](COC(=O)CCCCCCCCCCCCCCCCC(C)CC)OC(=O)CCCCCCCCCCCCCCCCCC(C)C. The van der Waals surface area contributed by atoms with Gasteiger partial charge >= 0.3 is 17.9 Å². The largest absolute Gasteiger partial charge is 0.462 e. The standard InChI is InChI=1S/C57H110O6/c1-6-8-9-10-11-25-32-37-42-47-55(58)61-50-54(63-57(60)49-44-39-34-29-24-20-14-12-13-17-21-26-30-35-40-45-52(3)4)51-62-56(59)48-43-38-33-28-23-19-16-15-18-22-27-31-36-41-46-53(5)7-2/h52-54H,6-51H2,1-5H3/t53?,54-/m1/s1. The van der Waals surface area contributed by atoms with Gasteiger partial charge in [0.05, 0.1) is 0 Å². The van der Waals surface area contributed by atoms with Gasteiger partial charge in [0, 0.05) is 19.3 Å². The smallest absolute Gasteiger partial charge is 0.306 e. The molecule has 0 rings (SSSR count). The number of esters is 3. The van der Waals surface area contributed by atoms with E-state index in [1.807, 2.05) is 0 Å². The summed E-state index contributed by atoms with van der Waals surface area (Å²) in [6.07, 6.45) is 52.3. The molecule has 0 spiro atoms. The first-order valence-corrected chi connectivity index (χ1v) is 28.3. The zero-order chi connectivity index (χ0) is 46.1. The number of hydrogen-bond acceptors (Lipinski definition) is 6. The van der Waals surface area contributed by atoms with E-state index in [9.17, 15) is 14.4 Å². The summed E-state index contributed by atoms with van der Waals surface area (Å²) in [6.45, 7) is 11.4. The van der Waals surface area contributed by atoms with Crippen LogP contribution in [0.4, 0.5) is 0 Å². The lowest BCUT2D eigenvalue weighted by Gasteiger charge is -2.18. The van der Waals surface area contributed by atoms with Crippen molar-refractivity contribution in [2.45, 2.75) is 323 Å². The first-order chi connectivity index (χ1) is 30.8. The topological polar surface area (TPSA) is 78.9 Å². The van der Waals surface area contributed by atoms with Gasteiger partial charge in [-0.25, -0.2) is 0 Å². The van der Waals surface area contributed by atoms with Crippen LogP contribution in [0, 0.1) is 11.8 Å². The number of carbonyl (C=O) groups excluding carboxylic acids is 3. The van der Waals surface area contributed by atoms with Crippen molar-refractivity contribution in [3.63, 3.8) is 0 Å². The van der Waals surface area contributed by atoms with Crippen molar-refractivity contribution < 1.29 is 28.6 Å². The Bertz CT molecular complexity index is 964. The van der Waals surface area contributed by atoms with Gasteiger partial charge < -0.3 is 14.2 Å². The van der Waals surface area contributed by atoms with Crippen LogP contribution in [-0.4, -0.2) is 37.2 Å². The van der Waals surface area contributed by atoms with E-state index < -0.39 is 6.10 Å². The molecule has 2 atom stereocenters. The molecule has 0 aliphatic carbocycles. The molecular formula is C57H110O6. The molecule has 0 aliphatic rings. The number of hydrogen-bond donors (Lipinski definition) is 0. The normalized spacial score (nSPS) is 12.5. The summed E-state index contributed by atoms with van der Waals surface area (Å²) in [5.74, 6) is 0.900. The van der Waals surface area contributed by atoms with Gasteiger partial charge in [-0.2, -0.15) is 0 Å². The highest BCUT2D eigenvalue weighted by molar-refractivity contribution is 5.71. The van der Waals surface area contributed by atoms with E-state index in [1.54, 1.807) is 0 Å². The Morgan fingerprint density at radius 3 is 0.905 bits per heavy atom. The van der Waals surface area contributed by atoms with E-state index in [1.165, 1.54) is 205 Å². The molecule has 0 aromatic carbocycles. The molecule has 0 fully saturated rings. The maximum Gasteiger partial charge on any atom is 0.306 e. The van der Waals surface area contributed by atoms with E-state index in [4.69, 9.17) is 14.2 Å². The number of unbranched alkanes of at least 4 members (excludes halogenated alkanes) is 35. The molecule has 0 saturated heterocycles. The molecule has 63 heavy (non-hydrogen) atoms. The molecule has 0 heterocycles. The van der Waals surface area contributed by atoms with Crippen molar-refractivity contribution >= 4 is 17.9 Å². The number of rotatable bonds is 51. The van der Waals surface area contributed by atoms with Gasteiger partial charge in [0.15, 0.2) is 6.10 Å².